The molecule has 0 radical (unpaired) electrons. The zero-order valence-electron chi connectivity index (χ0n) is 15.0. The van der Waals surface area contributed by atoms with Crippen molar-refractivity contribution in [2.45, 2.75) is 24.4 Å². The lowest BCUT2D eigenvalue weighted by Crippen LogP contribution is -2.21. The summed E-state index contributed by atoms with van der Waals surface area (Å²) in [5.74, 6) is 0. The van der Waals surface area contributed by atoms with Crippen LogP contribution in [0, 0.1) is 0 Å². The highest BCUT2D eigenvalue weighted by Gasteiger charge is 2.34. The average molecular weight is 410 g/mol. The molecular weight excluding hydrogens is 393 g/mol. The van der Waals surface area contributed by atoms with Crippen LogP contribution in [-0.2, 0) is 29.7 Å². The number of fused-ring (bicyclic) bond motifs is 1. The molecule has 0 atom stereocenters. The molecule has 0 saturated heterocycles. The fraction of sp³-hybridized carbons (Fsp3) is 0.211. The number of nitrogens with zero attached hydrogens (tertiary/aromatic N) is 1. The van der Waals surface area contributed by atoms with Crippen LogP contribution in [0.2, 0.25) is 0 Å². The first-order chi connectivity index (χ1) is 13.0. The van der Waals surface area contributed by atoms with Crippen LogP contribution >= 0.6 is 0 Å². The third-order valence-electron chi connectivity index (χ3n) is 4.45. The second-order valence-corrected chi connectivity index (χ2v) is 7.97. The van der Waals surface area contributed by atoms with E-state index in [0.29, 0.717) is 11.8 Å². The molecule has 2 aromatic carbocycles. The van der Waals surface area contributed by atoms with E-state index in [1.165, 1.54) is 19.2 Å². The molecule has 0 fully saturated rings. The molecule has 148 valence electrons. The Labute approximate surface area is 159 Å². The van der Waals surface area contributed by atoms with Crippen LogP contribution in [0.3, 0.4) is 0 Å². The Morgan fingerprint density at radius 1 is 1.04 bits per heavy atom. The number of alkyl halides is 3. The number of aromatic nitrogens is 1. The van der Waals surface area contributed by atoms with E-state index in [2.05, 4.69) is 4.72 Å². The highest BCUT2D eigenvalue weighted by Crippen LogP contribution is 2.34. The Kier molecular flexibility index (Phi) is 4.97. The number of anilines is 1. The molecule has 3 aromatic rings. The van der Waals surface area contributed by atoms with Gasteiger partial charge >= 0.3 is 6.18 Å². The molecule has 0 spiro atoms. The molecule has 0 amide bonds. The number of halogens is 3. The van der Waals surface area contributed by atoms with E-state index in [4.69, 9.17) is 0 Å². The van der Waals surface area contributed by atoms with E-state index in [-0.39, 0.29) is 15.8 Å². The van der Waals surface area contributed by atoms with Crippen LogP contribution in [0.25, 0.3) is 10.9 Å². The standard InChI is InChI=1S/C19H17F3N2O3S/c1-3-12-4-6-13(7-5-12)23-28(26,27)14-8-9-17-15(10-14)16(19(20,21)22)11-18(25)24(17)2/h4-11,23H,3H2,1-2H3. The highest BCUT2D eigenvalue weighted by atomic mass is 32.2. The topological polar surface area (TPSA) is 68.2 Å². The number of nitrogens with one attached hydrogen (secondary N) is 1. The van der Waals surface area contributed by atoms with Crippen molar-refractivity contribution in [1.29, 1.82) is 0 Å². The van der Waals surface area contributed by atoms with Crippen molar-refractivity contribution in [2.24, 2.45) is 7.05 Å². The summed E-state index contributed by atoms with van der Waals surface area (Å²) >= 11 is 0. The second-order valence-electron chi connectivity index (χ2n) is 6.29. The molecule has 1 aromatic heterocycles. The van der Waals surface area contributed by atoms with E-state index in [9.17, 15) is 26.4 Å². The summed E-state index contributed by atoms with van der Waals surface area (Å²) in [5, 5.41) is -0.362. The molecule has 0 bridgehead atoms. The molecule has 1 N–H and O–H groups in total. The Bertz CT molecular complexity index is 1200. The second kappa shape index (κ2) is 6.97. The number of rotatable bonds is 4. The zero-order chi connectivity index (χ0) is 20.7. The first-order valence-corrected chi connectivity index (χ1v) is 9.84. The SMILES string of the molecule is CCc1ccc(NS(=O)(=O)c2ccc3c(c2)c(C(F)(F)F)cc(=O)n3C)cc1. The summed E-state index contributed by atoms with van der Waals surface area (Å²) in [6.45, 7) is 1.96. The van der Waals surface area contributed by atoms with Gasteiger partial charge in [-0.2, -0.15) is 13.2 Å². The maximum Gasteiger partial charge on any atom is 0.417 e. The fourth-order valence-electron chi connectivity index (χ4n) is 2.86. The lowest BCUT2D eigenvalue weighted by Gasteiger charge is -2.14. The van der Waals surface area contributed by atoms with Crippen molar-refractivity contribution in [3.63, 3.8) is 0 Å². The van der Waals surface area contributed by atoms with Crippen LogP contribution in [0.5, 0.6) is 0 Å². The maximum atomic E-state index is 13.4. The Balaban J connectivity index is 2.12. The van der Waals surface area contributed by atoms with Gasteiger partial charge in [0.25, 0.3) is 15.6 Å². The van der Waals surface area contributed by atoms with E-state index >= 15 is 0 Å². The third-order valence-corrected chi connectivity index (χ3v) is 5.83. The van der Waals surface area contributed by atoms with Gasteiger partial charge in [-0.25, -0.2) is 8.42 Å². The van der Waals surface area contributed by atoms with Crippen molar-refractivity contribution in [3.8, 4) is 0 Å². The molecule has 0 saturated carbocycles. The molecule has 0 aliphatic carbocycles. The van der Waals surface area contributed by atoms with Gasteiger partial charge in [0.15, 0.2) is 0 Å². The predicted octanol–water partition coefficient (Wildman–Crippen LogP) is 3.92. The first-order valence-electron chi connectivity index (χ1n) is 8.35. The molecular formula is C19H17F3N2O3S. The molecule has 1 heterocycles. The summed E-state index contributed by atoms with van der Waals surface area (Å²) in [7, 11) is -2.79. The monoisotopic (exact) mass is 410 g/mol. The third kappa shape index (κ3) is 3.75. The number of sulfonamides is 1. The Hall–Kier alpha value is -2.81. The summed E-state index contributed by atoms with van der Waals surface area (Å²) in [6.07, 6.45) is -4.01. The van der Waals surface area contributed by atoms with Gasteiger partial charge < -0.3 is 4.57 Å². The quantitative estimate of drug-likeness (QED) is 0.709. The summed E-state index contributed by atoms with van der Waals surface area (Å²) in [4.78, 5) is 11.5. The molecule has 0 aliphatic rings. The van der Waals surface area contributed by atoms with Crippen molar-refractivity contribution < 1.29 is 21.6 Å². The number of pyridine rings is 1. The van der Waals surface area contributed by atoms with Gasteiger partial charge in [-0.05, 0) is 42.3 Å². The minimum Gasteiger partial charge on any atom is -0.311 e. The Morgan fingerprint density at radius 2 is 1.68 bits per heavy atom. The molecule has 0 unspecified atom stereocenters. The van der Waals surface area contributed by atoms with Gasteiger partial charge in [0.2, 0.25) is 0 Å². The van der Waals surface area contributed by atoms with E-state index in [1.807, 2.05) is 6.92 Å². The molecule has 9 heteroatoms. The van der Waals surface area contributed by atoms with Crippen molar-refractivity contribution in [1.82, 2.24) is 4.57 Å². The predicted molar refractivity (Wildman–Crippen MR) is 101 cm³/mol. The summed E-state index contributed by atoms with van der Waals surface area (Å²) < 4.78 is 68.8. The minimum atomic E-state index is -4.79. The van der Waals surface area contributed by atoms with E-state index in [0.717, 1.165) is 22.6 Å². The summed E-state index contributed by atoms with van der Waals surface area (Å²) in [5.41, 5.74) is -0.691. The van der Waals surface area contributed by atoms with Crippen LogP contribution in [0.4, 0.5) is 18.9 Å². The number of benzene rings is 2. The number of aryl methyl sites for hydroxylation is 2. The normalized spacial score (nSPS) is 12.3. The number of hydrogen-bond donors (Lipinski definition) is 1. The zero-order valence-corrected chi connectivity index (χ0v) is 15.9. The average Bonchev–Trinajstić information content (AvgIpc) is 2.63. The van der Waals surface area contributed by atoms with Crippen LogP contribution < -0.4 is 10.3 Å². The summed E-state index contributed by atoms with van der Waals surface area (Å²) in [6, 6.07) is 10.5. The molecule has 5 nitrogen and oxygen atoms in total. The van der Waals surface area contributed by atoms with Crippen molar-refractivity contribution >= 4 is 26.6 Å². The fourth-order valence-corrected chi connectivity index (χ4v) is 3.95. The largest absolute Gasteiger partial charge is 0.417 e. The van der Waals surface area contributed by atoms with Gasteiger partial charge in [-0.1, -0.05) is 19.1 Å². The van der Waals surface area contributed by atoms with Gasteiger partial charge in [0, 0.05) is 24.2 Å². The van der Waals surface area contributed by atoms with E-state index in [1.54, 1.807) is 24.3 Å². The van der Waals surface area contributed by atoms with Gasteiger partial charge in [-0.15, -0.1) is 0 Å². The lowest BCUT2D eigenvalue weighted by molar-refractivity contribution is -0.136. The lowest BCUT2D eigenvalue weighted by atomic mass is 10.1. The van der Waals surface area contributed by atoms with Crippen molar-refractivity contribution in [2.75, 3.05) is 4.72 Å². The Morgan fingerprint density at radius 3 is 2.25 bits per heavy atom. The van der Waals surface area contributed by atoms with Crippen LogP contribution in [-0.4, -0.2) is 13.0 Å². The van der Waals surface area contributed by atoms with Gasteiger partial charge in [-0.3, -0.25) is 9.52 Å². The molecule has 0 aliphatic heterocycles. The highest BCUT2D eigenvalue weighted by molar-refractivity contribution is 7.92. The van der Waals surface area contributed by atoms with Crippen LogP contribution in [0.1, 0.15) is 18.1 Å². The smallest absolute Gasteiger partial charge is 0.311 e. The molecule has 3 rings (SSSR count). The number of hydrogen-bond acceptors (Lipinski definition) is 3. The van der Waals surface area contributed by atoms with Crippen molar-refractivity contribution in [3.05, 3.63) is 70.0 Å². The molecule has 28 heavy (non-hydrogen) atoms. The van der Waals surface area contributed by atoms with Gasteiger partial charge in [0.1, 0.15) is 0 Å². The van der Waals surface area contributed by atoms with Gasteiger partial charge in [0.05, 0.1) is 16.0 Å². The minimum absolute atomic E-state index is 0.00827. The van der Waals surface area contributed by atoms with E-state index < -0.39 is 27.3 Å². The maximum absolute atomic E-state index is 13.4. The van der Waals surface area contributed by atoms with Crippen LogP contribution in [0.15, 0.2) is 58.2 Å². The first kappa shape index (κ1) is 19.9.